The predicted molar refractivity (Wildman–Crippen MR) is 107 cm³/mol. The average molecular weight is 411 g/mol. The van der Waals surface area contributed by atoms with Gasteiger partial charge in [0.15, 0.2) is 0 Å². The lowest BCUT2D eigenvalue weighted by Crippen LogP contribution is -2.50. The van der Waals surface area contributed by atoms with E-state index in [-0.39, 0.29) is 30.9 Å². The highest BCUT2D eigenvalue weighted by Crippen LogP contribution is 2.38. The molecule has 0 aliphatic carbocycles. The smallest absolute Gasteiger partial charge is 0.410 e. The Kier molecular flexibility index (Phi) is 8.02. The van der Waals surface area contributed by atoms with Crippen molar-refractivity contribution in [3.8, 4) is 5.75 Å². The van der Waals surface area contributed by atoms with Gasteiger partial charge in [0.25, 0.3) is 0 Å². The fourth-order valence-corrected chi connectivity index (χ4v) is 3.90. The summed E-state index contributed by atoms with van der Waals surface area (Å²) in [4.78, 5) is 14.4. The first-order chi connectivity index (χ1) is 13.7. The first-order valence-corrected chi connectivity index (χ1v) is 9.88. The summed E-state index contributed by atoms with van der Waals surface area (Å²) in [5.41, 5.74) is 0.131. The standard InChI is InChI=1S/C20H27F2NO4.C2H4/c1-20(2,3)27-19(24)23-14-7-8-15(23)11-17(10-14)26-16-6-4-5-13(9-16)12-25-18(21)22;1-2/h4-6,9,14-15,17-18H,7-8,10-12H2,1-3H3;1-2H2/t14-,15+,17?;. The van der Waals surface area contributed by atoms with Gasteiger partial charge < -0.3 is 19.1 Å². The lowest BCUT2D eigenvalue weighted by molar-refractivity contribution is -0.137. The van der Waals surface area contributed by atoms with Gasteiger partial charge in [-0.15, -0.1) is 13.2 Å². The third kappa shape index (κ3) is 6.70. The minimum Gasteiger partial charge on any atom is -0.490 e. The molecule has 3 rings (SSSR count). The maximum absolute atomic E-state index is 12.5. The molecule has 2 aliphatic rings. The second-order valence-electron chi connectivity index (χ2n) is 8.20. The van der Waals surface area contributed by atoms with Crippen LogP contribution in [-0.4, -0.2) is 41.4 Å². The second kappa shape index (κ2) is 10.1. The molecule has 3 atom stereocenters. The molecule has 5 nitrogen and oxygen atoms in total. The summed E-state index contributed by atoms with van der Waals surface area (Å²) in [7, 11) is 0. The Bertz CT molecular complexity index is 663. The molecule has 0 spiro atoms. The zero-order valence-electron chi connectivity index (χ0n) is 17.4. The van der Waals surface area contributed by atoms with Crippen molar-refractivity contribution in [1.29, 1.82) is 0 Å². The molecular weight excluding hydrogens is 380 g/mol. The van der Waals surface area contributed by atoms with Gasteiger partial charge in [-0.3, -0.25) is 0 Å². The molecule has 0 saturated carbocycles. The molecular formula is C22H31F2NO4. The molecule has 0 N–H and O–H groups in total. The molecule has 0 aromatic heterocycles. The van der Waals surface area contributed by atoms with Crippen LogP contribution >= 0.6 is 0 Å². The van der Waals surface area contributed by atoms with Crippen molar-refractivity contribution >= 4 is 6.09 Å². The van der Waals surface area contributed by atoms with Gasteiger partial charge >= 0.3 is 12.7 Å². The number of ether oxygens (including phenoxy) is 3. The third-order valence-electron chi connectivity index (χ3n) is 4.87. The van der Waals surface area contributed by atoms with E-state index in [1.165, 1.54) is 0 Å². The highest BCUT2D eigenvalue weighted by molar-refractivity contribution is 5.69. The highest BCUT2D eigenvalue weighted by Gasteiger charge is 2.45. The van der Waals surface area contributed by atoms with Crippen LogP contribution in [0.1, 0.15) is 52.0 Å². The molecule has 162 valence electrons. The van der Waals surface area contributed by atoms with Gasteiger partial charge in [-0.25, -0.2) is 4.79 Å². The number of fused-ring (bicyclic) bond motifs is 2. The van der Waals surface area contributed by atoms with Gasteiger partial charge in [0.05, 0.1) is 6.61 Å². The number of hydrogen-bond donors (Lipinski definition) is 0. The van der Waals surface area contributed by atoms with Crippen LogP contribution in [0.25, 0.3) is 0 Å². The summed E-state index contributed by atoms with van der Waals surface area (Å²) in [6.07, 6.45) is 3.13. The average Bonchev–Trinajstić information content (AvgIpc) is 2.92. The van der Waals surface area contributed by atoms with Crippen molar-refractivity contribution in [3.05, 3.63) is 43.0 Å². The summed E-state index contributed by atoms with van der Waals surface area (Å²) < 4.78 is 40.4. The third-order valence-corrected chi connectivity index (χ3v) is 4.87. The normalized spacial score (nSPS) is 23.4. The Labute approximate surface area is 171 Å². The number of carbonyl (C=O) groups is 1. The molecule has 2 fully saturated rings. The quantitative estimate of drug-likeness (QED) is 0.597. The molecule has 2 heterocycles. The fraction of sp³-hybridized carbons (Fsp3) is 0.591. The second-order valence-corrected chi connectivity index (χ2v) is 8.20. The summed E-state index contributed by atoms with van der Waals surface area (Å²) in [5, 5.41) is 0. The largest absolute Gasteiger partial charge is 0.490 e. The van der Waals surface area contributed by atoms with Crippen LogP contribution in [0, 0.1) is 0 Å². The van der Waals surface area contributed by atoms with Crippen LogP contribution in [0.5, 0.6) is 5.75 Å². The monoisotopic (exact) mass is 411 g/mol. The topological polar surface area (TPSA) is 48.0 Å². The lowest BCUT2D eigenvalue weighted by atomic mass is 10.00. The molecule has 1 amide bonds. The molecule has 2 saturated heterocycles. The summed E-state index contributed by atoms with van der Waals surface area (Å²) in [5.74, 6) is 0.639. The van der Waals surface area contributed by atoms with Crippen LogP contribution in [0.4, 0.5) is 13.6 Å². The van der Waals surface area contributed by atoms with Gasteiger partial charge in [-0.2, -0.15) is 8.78 Å². The SMILES string of the molecule is C=C.CC(C)(C)OC(=O)N1[C@@H]2CC[C@H]1CC(Oc1cccc(COC(F)F)c1)C2. The van der Waals surface area contributed by atoms with Crippen molar-refractivity contribution in [2.45, 2.75) is 83.5 Å². The summed E-state index contributed by atoms with van der Waals surface area (Å²) in [6.45, 7) is 8.66. The molecule has 7 heteroatoms. The summed E-state index contributed by atoms with van der Waals surface area (Å²) in [6, 6.07) is 7.27. The number of alkyl halides is 2. The molecule has 0 radical (unpaired) electrons. The first-order valence-electron chi connectivity index (χ1n) is 9.88. The van der Waals surface area contributed by atoms with E-state index < -0.39 is 12.2 Å². The van der Waals surface area contributed by atoms with Crippen molar-refractivity contribution in [1.82, 2.24) is 4.90 Å². The van der Waals surface area contributed by atoms with E-state index in [9.17, 15) is 13.6 Å². The van der Waals surface area contributed by atoms with E-state index in [1.54, 1.807) is 18.2 Å². The van der Waals surface area contributed by atoms with Crippen LogP contribution in [0.2, 0.25) is 0 Å². The molecule has 2 aliphatic heterocycles. The zero-order chi connectivity index (χ0) is 21.6. The number of hydrogen-bond acceptors (Lipinski definition) is 4. The maximum atomic E-state index is 12.5. The van der Waals surface area contributed by atoms with E-state index in [4.69, 9.17) is 9.47 Å². The van der Waals surface area contributed by atoms with Crippen LogP contribution < -0.4 is 4.74 Å². The van der Waals surface area contributed by atoms with E-state index in [0.29, 0.717) is 11.3 Å². The number of rotatable bonds is 5. The first kappa shape index (κ1) is 23.1. The van der Waals surface area contributed by atoms with Gasteiger partial charge in [0, 0.05) is 24.9 Å². The van der Waals surface area contributed by atoms with Crippen molar-refractivity contribution in [2.75, 3.05) is 0 Å². The maximum Gasteiger partial charge on any atom is 0.410 e. The number of benzene rings is 1. The molecule has 29 heavy (non-hydrogen) atoms. The molecule has 1 aromatic rings. The number of amides is 1. The Balaban J connectivity index is 0.00000145. The lowest BCUT2D eigenvalue weighted by Gasteiger charge is -2.39. The Morgan fingerprint density at radius 1 is 1.21 bits per heavy atom. The summed E-state index contributed by atoms with van der Waals surface area (Å²) >= 11 is 0. The number of carbonyl (C=O) groups excluding carboxylic acids is 1. The van der Waals surface area contributed by atoms with Gasteiger partial charge in [0.2, 0.25) is 0 Å². The zero-order valence-corrected chi connectivity index (χ0v) is 17.4. The van der Waals surface area contributed by atoms with E-state index in [0.717, 1.165) is 25.7 Å². The van der Waals surface area contributed by atoms with Crippen LogP contribution in [0.3, 0.4) is 0 Å². The van der Waals surface area contributed by atoms with E-state index >= 15 is 0 Å². The molecule has 1 aromatic carbocycles. The van der Waals surface area contributed by atoms with Crippen molar-refractivity contribution in [3.63, 3.8) is 0 Å². The number of piperidine rings is 1. The number of halogens is 2. The Morgan fingerprint density at radius 2 is 1.83 bits per heavy atom. The minimum absolute atomic E-state index is 0.00699. The Morgan fingerprint density at radius 3 is 2.38 bits per heavy atom. The van der Waals surface area contributed by atoms with Gasteiger partial charge in [-0.05, 0) is 51.3 Å². The van der Waals surface area contributed by atoms with Gasteiger partial charge in [-0.1, -0.05) is 12.1 Å². The van der Waals surface area contributed by atoms with Crippen molar-refractivity contribution < 1.29 is 27.8 Å². The number of nitrogens with zero attached hydrogens (tertiary/aromatic N) is 1. The molecule has 2 bridgehead atoms. The highest BCUT2D eigenvalue weighted by atomic mass is 19.3. The minimum atomic E-state index is -2.79. The van der Waals surface area contributed by atoms with Gasteiger partial charge in [0.1, 0.15) is 17.5 Å². The van der Waals surface area contributed by atoms with E-state index in [2.05, 4.69) is 17.9 Å². The fourth-order valence-electron chi connectivity index (χ4n) is 3.90. The van der Waals surface area contributed by atoms with Crippen LogP contribution in [0.15, 0.2) is 37.4 Å². The predicted octanol–water partition coefficient (Wildman–Crippen LogP) is 5.54. The Hall–Kier alpha value is -2.15. The van der Waals surface area contributed by atoms with Crippen LogP contribution in [-0.2, 0) is 16.1 Å². The molecule has 1 unspecified atom stereocenters. The van der Waals surface area contributed by atoms with Crippen molar-refractivity contribution in [2.24, 2.45) is 0 Å². The van der Waals surface area contributed by atoms with E-state index in [1.807, 2.05) is 31.7 Å².